The zero-order valence-corrected chi connectivity index (χ0v) is 17.3. The summed E-state index contributed by atoms with van der Waals surface area (Å²) < 4.78 is 21.2. The van der Waals surface area contributed by atoms with Gasteiger partial charge in [0.1, 0.15) is 11.4 Å². The maximum atomic E-state index is 12.8. The minimum atomic E-state index is -0.208. The van der Waals surface area contributed by atoms with Crippen LogP contribution in [0.3, 0.4) is 0 Å². The van der Waals surface area contributed by atoms with Crippen LogP contribution in [0, 0.1) is 0 Å². The number of carbonyl (C=O) groups is 1. The van der Waals surface area contributed by atoms with Crippen molar-refractivity contribution in [3.8, 4) is 34.0 Å². The molecular weight excluding hydrogens is 422 g/mol. The zero-order chi connectivity index (χ0) is 22.2. The van der Waals surface area contributed by atoms with Gasteiger partial charge in [0.2, 0.25) is 6.79 Å². The van der Waals surface area contributed by atoms with E-state index in [0.29, 0.717) is 46.0 Å². The first kappa shape index (κ1) is 19.1. The summed E-state index contributed by atoms with van der Waals surface area (Å²) in [6, 6.07) is 14.5. The Balaban J connectivity index is 1.30. The molecule has 33 heavy (non-hydrogen) atoms. The van der Waals surface area contributed by atoms with Crippen LogP contribution in [0.4, 0.5) is 0 Å². The van der Waals surface area contributed by atoms with Gasteiger partial charge in [-0.2, -0.15) is 0 Å². The van der Waals surface area contributed by atoms with Gasteiger partial charge in [-0.25, -0.2) is 9.97 Å². The van der Waals surface area contributed by atoms with E-state index in [-0.39, 0.29) is 12.7 Å². The van der Waals surface area contributed by atoms with Crippen LogP contribution >= 0.6 is 0 Å². The van der Waals surface area contributed by atoms with Crippen molar-refractivity contribution in [2.24, 2.45) is 0 Å². The molecule has 0 saturated carbocycles. The van der Waals surface area contributed by atoms with Crippen LogP contribution in [-0.2, 0) is 6.54 Å². The smallest absolute Gasteiger partial charge is 0.251 e. The van der Waals surface area contributed by atoms with E-state index in [1.807, 2.05) is 30.3 Å². The van der Waals surface area contributed by atoms with Gasteiger partial charge >= 0.3 is 0 Å². The van der Waals surface area contributed by atoms with Crippen LogP contribution in [0.5, 0.6) is 11.5 Å². The fraction of sp³-hybridized carbons (Fsp3) is 0.0800. The lowest BCUT2D eigenvalue weighted by Crippen LogP contribution is -2.22. The van der Waals surface area contributed by atoms with Crippen molar-refractivity contribution < 1.29 is 23.1 Å². The van der Waals surface area contributed by atoms with Gasteiger partial charge in [0.25, 0.3) is 5.91 Å². The van der Waals surface area contributed by atoms with Crippen LogP contribution in [0.1, 0.15) is 15.9 Å². The molecule has 1 aliphatic heterocycles. The average molecular weight is 439 g/mol. The summed E-state index contributed by atoms with van der Waals surface area (Å²) in [5.74, 6) is 1.18. The Kier molecular flexibility index (Phi) is 4.54. The number of hydrogen-bond acceptors (Lipinski definition) is 7. The van der Waals surface area contributed by atoms with E-state index < -0.39 is 0 Å². The molecule has 0 atom stereocenters. The van der Waals surface area contributed by atoms with Crippen molar-refractivity contribution in [1.29, 1.82) is 0 Å². The predicted molar refractivity (Wildman–Crippen MR) is 119 cm³/mol. The highest BCUT2D eigenvalue weighted by molar-refractivity contribution is 5.98. The zero-order valence-electron chi connectivity index (χ0n) is 17.3. The Bertz CT molecular complexity index is 1460. The van der Waals surface area contributed by atoms with Gasteiger partial charge in [0.05, 0.1) is 36.1 Å². The third kappa shape index (κ3) is 3.57. The Labute approximate surface area is 187 Å². The van der Waals surface area contributed by atoms with Crippen molar-refractivity contribution in [2.75, 3.05) is 6.79 Å². The highest BCUT2D eigenvalue weighted by atomic mass is 16.7. The number of hydrogen-bond donors (Lipinski definition) is 1. The summed E-state index contributed by atoms with van der Waals surface area (Å²) in [5, 5.41) is 2.94. The van der Waals surface area contributed by atoms with Gasteiger partial charge in [-0.1, -0.05) is 6.07 Å². The molecule has 0 bridgehead atoms. The van der Waals surface area contributed by atoms with E-state index in [1.165, 1.54) is 0 Å². The molecule has 8 nitrogen and oxygen atoms in total. The molecule has 0 radical (unpaired) electrons. The fourth-order valence-electron chi connectivity index (χ4n) is 3.73. The maximum absolute atomic E-state index is 12.8. The molecule has 6 rings (SSSR count). The molecule has 5 aromatic rings. The predicted octanol–water partition coefficient (Wildman–Crippen LogP) is 4.81. The molecule has 0 fully saturated rings. The number of benzene rings is 2. The molecule has 0 aliphatic carbocycles. The molecule has 1 N–H and O–H groups in total. The Morgan fingerprint density at radius 1 is 0.818 bits per heavy atom. The number of carbonyl (C=O) groups excluding carboxylic acids is 1. The van der Waals surface area contributed by atoms with Gasteiger partial charge in [-0.3, -0.25) is 4.79 Å². The Hall–Kier alpha value is -4.59. The first-order chi connectivity index (χ1) is 16.2. The molecule has 0 unspecified atom stereocenters. The molecule has 2 aromatic carbocycles. The molecule has 0 saturated heterocycles. The maximum Gasteiger partial charge on any atom is 0.251 e. The SMILES string of the molecule is O=C(NCc1ccc2c(c1)OCO2)c1ccc2nc(-c3ccoc3)c(-c3ccoc3)nc2c1. The summed E-state index contributed by atoms with van der Waals surface area (Å²) >= 11 is 0. The first-order valence-corrected chi connectivity index (χ1v) is 10.3. The van der Waals surface area contributed by atoms with Gasteiger partial charge in [0.15, 0.2) is 11.5 Å². The lowest BCUT2D eigenvalue weighted by molar-refractivity contribution is 0.0951. The van der Waals surface area contributed by atoms with E-state index >= 15 is 0 Å². The van der Waals surface area contributed by atoms with E-state index in [9.17, 15) is 4.79 Å². The Morgan fingerprint density at radius 3 is 2.27 bits per heavy atom. The number of ether oxygens (including phenoxy) is 2. The second-order valence-corrected chi connectivity index (χ2v) is 7.52. The molecule has 3 aromatic heterocycles. The van der Waals surface area contributed by atoms with Crippen molar-refractivity contribution in [3.05, 3.63) is 84.7 Å². The average Bonchev–Trinajstić information content (AvgIpc) is 3.63. The number of amides is 1. The second kappa shape index (κ2) is 7.83. The number of rotatable bonds is 5. The number of nitrogens with one attached hydrogen (secondary N) is 1. The van der Waals surface area contributed by atoms with Crippen LogP contribution in [-0.4, -0.2) is 22.7 Å². The summed E-state index contributed by atoms with van der Waals surface area (Å²) in [4.78, 5) is 22.4. The monoisotopic (exact) mass is 439 g/mol. The largest absolute Gasteiger partial charge is 0.472 e. The van der Waals surface area contributed by atoms with E-state index in [0.717, 1.165) is 16.7 Å². The minimum Gasteiger partial charge on any atom is -0.472 e. The van der Waals surface area contributed by atoms with Gasteiger partial charge in [-0.15, -0.1) is 0 Å². The highest BCUT2D eigenvalue weighted by Gasteiger charge is 2.17. The normalized spacial score (nSPS) is 12.2. The summed E-state index contributed by atoms with van der Waals surface area (Å²) in [6.07, 6.45) is 6.41. The number of fused-ring (bicyclic) bond motifs is 2. The molecule has 0 spiro atoms. The van der Waals surface area contributed by atoms with E-state index in [2.05, 4.69) is 5.32 Å². The van der Waals surface area contributed by atoms with Gasteiger partial charge in [0, 0.05) is 23.2 Å². The van der Waals surface area contributed by atoms with Crippen LogP contribution in [0.25, 0.3) is 33.5 Å². The molecule has 1 aliphatic rings. The van der Waals surface area contributed by atoms with Gasteiger partial charge < -0.3 is 23.6 Å². The lowest BCUT2D eigenvalue weighted by Gasteiger charge is -2.09. The van der Waals surface area contributed by atoms with Crippen molar-refractivity contribution in [1.82, 2.24) is 15.3 Å². The summed E-state index contributed by atoms with van der Waals surface area (Å²) in [7, 11) is 0. The Morgan fingerprint density at radius 2 is 1.55 bits per heavy atom. The number of nitrogens with zero attached hydrogens (tertiary/aromatic N) is 2. The molecular formula is C25H17N3O5. The molecule has 8 heteroatoms. The lowest BCUT2D eigenvalue weighted by atomic mass is 10.1. The summed E-state index contributed by atoms with van der Waals surface area (Å²) in [5.41, 5.74) is 5.62. The van der Waals surface area contributed by atoms with Crippen molar-refractivity contribution in [3.63, 3.8) is 0 Å². The quantitative estimate of drug-likeness (QED) is 0.420. The van der Waals surface area contributed by atoms with Gasteiger partial charge in [-0.05, 0) is 48.0 Å². The fourth-order valence-corrected chi connectivity index (χ4v) is 3.73. The van der Waals surface area contributed by atoms with Crippen LogP contribution in [0.15, 0.2) is 82.4 Å². The van der Waals surface area contributed by atoms with Crippen LogP contribution in [0.2, 0.25) is 0 Å². The second-order valence-electron chi connectivity index (χ2n) is 7.52. The molecule has 1 amide bonds. The number of furan rings is 2. The third-order valence-electron chi connectivity index (χ3n) is 5.41. The molecule has 162 valence electrons. The standard InChI is InChI=1S/C25H17N3O5/c29-25(26-11-15-1-4-21-22(9-15)33-14-32-21)16-2-3-19-20(10-16)28-24(18-6-8-31-13-18)23(27-19)17-5-7-30-12-17/h1-10,12-13H,11,14H2,(H,26,29). The van der Waals surface area contributed by atoms with E-state index in [1.54, 1.807) is 43.3 Å². The highest BCUT2D eigenvalue weighted by Crippen LogP contribution is 2.33. The molecule has 4 heterocycles. The van der Waals surface area contributed by atoms with Crippen molar-refractivity contribution >= 4 is 16.9 Å². The van der Waals surface area contributed by atoms with Crippen LogP contribution < -0.4 is 14.8 Å². The topological polar surface area (TPSA) is 99.6 Å². The minimum absolute atomic E-state index is 0.208. The summed E-state index contributed by atoms with van der Waals surface area (Å²) in [6.45, 7) is 0.575. The van der Waals surface area contributed by atoms with Crippen molar-refractivity contribution in [2.45, 2.75) is 6.54 Å². The number of aromatic nitrogens is 2. The third-order valence-corrected chi connectivity index (χ3v) is 5.41. The van der Waals surface area contributed by atoms with E-state index in [4.69, 9.17) is 28.3 Å². The first-order valence-electron chi connectivity index (χ1n) is 10.3.